The maximum Gasteiger partial charge on any atom is 0.335 e. The molecule has 32 heavy (non-hydrogen) atoms. The summed E-state index contributed by atoms with van der Waals surface area (Å²) in [6.07, 6.45) is 0.817. The average molecular weight is 432 g/mol. The predicted molar refractivity (Wildman–Crippen MR) is 122 cm³/mol. The molecule has 8 nitrogen and oxygen atoms in total. The highest BCUT2D eigenvalue weighted by Crippen LogP contribution is 2.39. The fourth-order valence-corrected chi connectivity index (χ4v) is 4.65. The van der Waals surface area contributed by atoms with Crippen molar-refractivity contribution in [3.8, 4) is 17.3 Å². The van der Waals surface area contributed by atoms with Crippen LogP contribution in [0.5, 0.6) is 11.6 Å². The van der Waals surface area contributed by atoms with E-state index in [0.717, 1.165) is 33.1 Å². The number of likely N-dealkylation sites (N-methyl/N-ethyl adjacent to an activating group) is 1. The van der Waals surface area contributed by atoms with Crippen LogP contribution < -0.4 is 16.0 Å². The van der Waals surface area contributed by atoms with Gasteiger partial charge in [-0.3, -0.25) is 14.7 Å². The summed E-state index contributed by atoms with van der Waals surface area (Å²) in [5, 5.41) is 12.4. The van der Waals surface area contributed by atoms with Crippen molar-refractivity contribution in [3.05, 3.63) is 86.2 Å². The van der Waals surface area contributed by atoms with Gasteiger partial charge in [-0.25, -0.2) is 9.36 Å². The Morgan fingerprint density at radius 2 is 1.84 bits per heavy atom. The van der Waals surface area contributed by atoms with Crippen molar-refractivity contribution in [2.75, 3.05) is 20.2 Å². The second kappa shape index (κ2) is 7.72. The number of fused-ring (bicyclic) bond motifs is 3. The molecule has 2 aromatic heterocycles. The quantitative estimate of drug-likeness (QED) is 0.460. The van der Waals surface area contributed by atoms with Crippen LogP contribution in [0.1, 0.15) is 29.8 Å². The summed E-state index contributed by atoms with van der Waals surface area (Å²) in [6, 6.07) is 14.4. The minimum atomic E-state index is -0.723. The number of H-pyrrole nitrogens is 2. The van der Waals surface area contributed by atoms with Gasteiger partial charge < -0.3 is 14.8 Å². The maximum absolute atomic E-state index is 13.0. The van der Waals surface area contributed by atoms with E-state index in [2.05, 4.69) is 16.0 Å². The first-order valence-corrected chi connectivity index (χ1v) is 10.6. The molecular formula is C24H24N4O4. The van der Waals surface area contributed by atoms with Crippen molar-refractivity contribution in [1.29, 1.82) is 0 Å². The highest BCUT2D eigenvalue weighted by molar-refractivity contribution is 5.85. The van der Waals surface area contributed by atoms with Crippen molar-refractivity contribution >= 4 is 10.9 Å². The lowest BCUT2D eigenvalue weighted by atomic mass is 9.94. The third-order valence-electron chi connectivity index (χ3n) is 6.08. The number of aromatic nitrogens is 3. The normalized spacial score (nSPS) is 16.2. The van der Waals surface area contributed by atoms with Crippen molar-refractivity contribution in [3.63, 3.8) is 0 Å². The molecule has 8 heteroatoms. The van der Waals surface area contributed by atoms with E-state index in [0.29, 0.717) is 24.6 Å². The summed E-state index contributed by atoms with van der Waals surface area (Å²) in [6.45, 7) is 2.94. The van der Waals surface area contributed by atoms with E-state index in [1.165, 1.54) is 0 Å². The summed E-state index contributed by atoms with van der Waals surface area (Å²) < 4.78 is 6.76. The molecule has 1 aliphatic heterocycles. The van der Waals surface area contributed by atoms with E-state index < -0.39 is 23.2 Å². The Kier molecular flexibility index (Phi) is 4.86. The van der Waals surface area contributed by atoms with E-state index in [9.17, 15) is 14.7 Å². The van der Waals surface area contributed by atoms with Gasteiger partial charge in [0, 0.05) is 23.1 Å². The zero-order valence-electron chi connectivity index (χ0n) is 17.9. The highest BCUT2D eigenvalue weighted by Gasteiger charge is 2.35. The summed E-state index contributed by atoms with van der Waals surface area (Å²) >= 11 is 0. The topological polar surface area (TPSA) is 103 Å². The number of benzene rings is 2. The van der Waals surface area contributed by atoms with Gasteiger partial charge in [0.25, 0.3) is 5.56 Å². The lowest BCUT2D eigenvalue weighted by Crippen LogP contribution is -2.39. The van der Waals surface area contributed by atoms with Crippen LogP contribution in [0.15, 0.2) is 58.1 Å². The number of para-hydroxylation sites is 3. The molecule has 1 unspecified atom stereocenters. The summed E-state index contributed by atoms with van der Waals surface area (Å²) in [4.78, 5) is 33.7. The first kappa shape index (κ1) is 20.1. The molecule has 4 aromatic rings. The lowest BCUT2D eigenvalue weighted by Gasteiger charge is -2.33. The first-order valence-electron chi connectivity index (χ1n) is 10.6. The van der Waals surface area contributed by atoms with Crippen molar-refractivity contribution < 1.29 is 9.84 Å². The van der Waals surface area contributed by atoms with E-state index in [-0.39, 0.29) is 5.56 Å². The van der Waals surface area contributed by atoms with Crippen LogP contribution >= 0.6 is 0 Å². The van der Waals surface area contributed by atoms with Crippen LogP contribution in [0.4, 0.5) is 0 Å². The Labute approximate surface area is 183 Å². The standard InChI is InChI=1S/C24H24N4O4/c1-3-32-18-11-7-6-10-17(18)28-23(30)19(22(29)26-24(28)31)21-20-15(12-13-27(21)2)14-8-4-5-9-16(14)25-20/h4-11,21,25,30H,3,12-13H2,1-2H3,(H,26,29,31). The number of aromatic hydroxyl groups is 1. The minimum Gasteiger partial charge on any atom is -0.494 e. The molecule has 0 saturated carbocycles. The molecule has 2 aromatic carbocycles. The molecule has 0 bridgehead atoms. The number of nitrogens with one attached hydrogen (secondary N) is 2. The Balaban J connectivity index is 1.77. The van der Waals surface area contributed by atoms with Gasteiger partial charge in [0.1, 0.15) is 11.3 Å². The second-order valence-electron chi connectivity index (χ2n) is 7.93. The molecule has 1 atom stereocenters. The number of hydrogen-bond acceptors (Lipinski definition) is 5. The van der Waals surface area contributed by atoms with Crippen LogP contribution in [-0.2, 0) is 6.42 Å². The molecule has 0 radical (unpaired) electrons. The van der Waals surface area contributed by atoms with Crippen LogP contribution in [0, 0.1) is 0 Å². The monoisotopic (exact) mass is 432 g/mol. The summed E-state index contributed by atoms with van der Waals surface area (Å²) in [7, 11) is 1.90. The summed E-state index contributed by atoms with van der Waals surface area (Å²) in [5.74, 6) is 0.0444. The third-order valence-corrected chi connectivity index (χ3v) is 6.08. The van der Waals surface area contributed by atoms with Gasteiger partial charge in [0.15, 0.2) is 0 Å². The van der Waals surface area contributed by atoms with E-state index in [4.69, 9.17) is 4.74 Å². The zero-order valence-corrected chi connectivity index (χ0v) is 17.9. The van der Waals surface area contributed by atoms with E-state index in [1.807, 2.05) is 37.1 Å². The second-order valence-corrected chi connectivity index (χ2v) is 7.93. The molecule has 0 saturated heterocycles. The molecule has 164 valence electrons. The van der Waals surface area contributed by atoms with Crippen LogP contribution in [0.2, 0.25) is 0 Å². The third kappa shape index (κ3) is 3.03. The van der Waals surface area contributed by atoms with Gasteiger partial charge in [0.2, 0.25) is 5.88 Å². The van der Waals surface area contributed by atoms with E-state index in [1.54, 1.807) is 24.3 Å². The average Bonchev–Trinajstić information content (AvgIpc) is 3.15. The molecule has 0 amide bonds. The van der Waals surface area contributed by atoms with E-state index >= 15 is 0 Å². The maximum atomic E-state index is 13.0. The predicted octanol–water partition coefficient (Wildman–Crippen LogP) is 2.69. The first-order chi connectivity index (χ1) is 15.5. The minimum absolute atomic E-state index is 0.117. The molecule has 3 heterocycles. The number of ether oxygens (including phenoxy) is 1. The number of aromatic amines is 2. The van der Waals surface area contributed by atoms with Gasteiger partial charge in [-0.15, -0.1) is 0 Å². The van der Waals surface area contributed by atoms with Gasteiger partial charge >= 0.3 is 5.69 Å². The molecule has 0 fully saturated rings. The Morgan fingerprint density at radius 3 is 2.66 bits per heavy atom. The van der Waals surface area contributed by atoms with Crippen LogP contribution in [-0.4, -0.2) is 44.7 Å². The molecule has 0 spiro atoms. The largest absolute Gasteiger partial charge is 0.494 e. The van der Waals surface area contributed by atoms with Crippen molar-refractivity contribution in [2.24, 2.45) is 0 Å². The smallest absolute Gasteiger partial charge is 0.335 e. The van der Waals surface area contributed by atoms with Crippen molar-refractivity contribution in [2.45, 2.75) is 19.4 Å². The fourth-order valence-electron chi connectivity index (χ4n) is 4.65. The van der Waals surface area contributed by atoms with Gasteiger partial charge in [-0.1, -0.05) is 30.3 Å². The van der Waals surface area contributed by atoms with Crippen LogP contribution in [0.3, 0.4) is 0 Å². The highest BCUT2D eigenvalue weighted by atomic mass is 16.5. The Bertz CT molecular complexity index is 1430. The molecule has 5 rings (SSSR count). The fraction of sp³-hybridized carbons (Fsp3) is 0.250. The Morgan fingerprint density at radius 1 is 1.09 bits per heavy atom. The lowest BCUT2D eigenvalue weighted by molar-refractivity contribution is 0.251. The number of nitrogens with zero attached hydrogens (tertiary/aromatic N) is 2. The summed E-state index contributed by atoms with van der Waals surface area (Å²) in [5.41, 5.74) is 2.10. The number of rotatable bonds is 4. The van der Waals surface area contributed by atoms with Gasteiger partial charge in [-0.05, 0) is 44.2 Å². The van der Waals surface area contributed by atoms with Gasteiger partial charge in [-0.2, -0.15) is 0 Å². The number of hydrogen-bond donors (Lipinski definition) is 3. The molecular weight excluding hydrogens is 408 g/mol. The molecule has 3 N–H and O–H groups in total. The molecule has 0 aliphatic carbocycles. The SMILES string of the molecule is CCOc1ccccc1-n1c(O)c(C2c3[nH]c4ccccc4c3CCN2C)c(=O)[nH]c1=O. The van der Waals surface area contributed by atoms with Crippen molar-refractivity contribution in [1.82, 2.24) is 19.4 Å². The molecule has 1 aliphatic rings. The Hall–Kier alpha value is -3.78. The zero-order chi connectivity index (χ0) is 22.4. The van der Waals surface area contributed by atoms with Crippen LogP contribution in [0.25, 0.3) is 16.6 Å². The van der Waals surface area contributed by atoms with Gasteiger partial charge in [0.05, 0.1) is 18.3 Å².